The van der Waals surface area contributed by atoms with Gasteiger partial charge in [-0.15, -0.1) is 0 Å². The number of pyridine rings is 1. The summed E-state index contributed by atoms with van der Waals surface area (Å²) in [6.07, 6.45) is 6.51. The van der Waals surface area contributed by atoms with Crippen LogP contribution in [0.3, 0.4) is 0 Å². The van der Waals surface area contributed by atoms with E-state index in [1.807, 2.05) is 23.7 Å². The van der Waals surface area contributed by atoms with Gasteiger partial charge in [0.15, 0.2) is 5.82 Å². The van der Waals surface area contributed by atoms with Gasteiger partial charge >= 0.3 is 0 Å². The van der Waals surface area contributed by atoms with Crippen molar-refractivity contribution in [3.63, 3.8) is 0 Å². The van der Waals surface area contributed by atoms with E-state index in [1.54, 1.807) is 12.4 Å². The van der Waals surface area contributed by atoms with Gasteiger partial charge in [-0.25, -0.2) is 14.6 Å². The van der Waals surface area contributed by atoms with Crippen molar-refractivity contribution in [1.82, 2.24) is 34.6 Å². The molecule has 4 heterocycles. The first-order chi connectivity index (χ1) is 10.8. The fourth-order valence-corrected chi connectivity index (χ4v) is 2.73. The van der Waals surface area contributed by atoms with Crippen molar-refractivity contribution in [3.8, 4) is 17.2 Å². The third-order valence-electron chi connectivity index (χ3n) is 3.76. The maximum atomic E-state index is 4.76. The average molecular weight is 295 g/mol. The van der Waals surface area contributed by atoms with Crippen molar-refractivity contribution in [2.24, 2.45) is 0 Å². The van der Waals surface area contributed by atoms with Crippen LogP contribution in [0.1, 0.15) is 11.6 Å². The third-order valence-corrected chi connectivity index (χ3v) is 3.76. The Bertz CT molecular complexity index is 764. The van der Waals surface area contributed by atoms with Crippen LogP contribution < -0.4 is 5.32 Å². The lowest BCUT2D eigenvalue weighted by molar-refractivity contribution is 0.646. The third kappa shape index (κ3) is 2.29. The van der Waals surface area contributed by atoms with E-state index < -0.39 is 0 Å². The van der Waals surface area contributed by atoms with Gasteiger partial charge < -0.3 is 9.88 Å². The van der Waals surface area contributed by atoms with Crippen molar-refractivity contribution in [1.29, 1.82) is 0 Å². The molecule has 0 fully saturated rings. The maximum absolute atomic E-state index is 4.76. The molecule has 7 nitrogen and oxygen atoms in total. The lowest BCUT2D eigenvalue weighted by atomic mass is 10.3. The molecule has 0 unspecified atom stereocenters. The minimum absolute atomic E-state index is 0.733. The summed E-state index contributed by atoms with van der Waals surface area (Å²) in [5, 5.41) is 7.88. The number of hydrogen-bond acceptors (Lipinski definition) is 5. The van der Waals surface area contributed by atoms with E-state index >= 15 is 0 Å². The lowest BCUT2D eigenvalue weighted by Crippen LogP contribution is -2.17. The predicted octanol–water partition coefficient (Wildman–Crippen LogP) is 0.980. The number of nitrogens with zero attached hydrogens (tertiary/aromatic N) is 6. The van der Waals surface area contributed by atoms with Crippen molar-refractivity contribution in [2.75, 3.05) is 13.1 Å². The molecule has 0 bridgehead atoms. The van der Waals surface area contributed by atoms with Crippen molar-refractivity contribution in [2.45, 2.75) is 19.9 Å². The van der Waals surface area contributed by atoms with Gasteiger partial charge in [-0.3, -0.25) is 4.98 Å². The number of nitrogens with one attached hydrogen (secondary N) is 1. The number of fused-ring (bicyclic) bond motifs is 1. The molecule has 3 aromatic heterocycles. The van der Waals surface area contributed by atoms with Crippen molar-refractivity contribution < 1.29 is 0 Å². The monoisotopic (exact) mass is 295 g/mol. The highest BCUT2D eigenvalue weighted by Gasteiger charge is 2.18. The fourth-order valence-electron chi connectivity index (χ4n) is 2.73. The Morgan fingerprint density at radius 2 is 2.00 bits per heavy atom. The van der Waals surface area contributed by atoms with Crippen LogP contribution >= 0.6 is 0 Å². The van der Waals surface area contributed by atoms with Crippen LogP contribution in [0.2, 0.25) is 0 Å². The normalized spacial score (nSPS) is 14.6. The number of hydrogen-bond donors (Lipinski definition) is 1. The Morgan fingerprint density at radius 1 is 1.14 bits per heavy atom. The van der Waals surface area contributed by atoms with Gasteiger partial charge in [0.1, 0.15) is 17.3 Å². The molecule has 7 heteroatoms. The highest BCUT2D eigenvalue weighted by atomic mass is 15.4. The van der Waals surface area contributed by atoms with Gasteiger partial charge in [-0.05, 0) is 19.1 Å². The summed E-state index contributed by atoms with van der Waals surface area (Å²) in [5.74, 6) is 2.61. The molecule has 0 saturated heterocycles. The van der Waals surface area contributed by atoms with Gasteiger partial charge in [-0.2, -0.15) is 5.10 Å². The quantitative estimate of drug-likeness (QED) is 0.763. The zero-order valence-corrected chi connectivity index (χ0v) is 12.4. The second-order valence-corrected chi connectivity index (χ2v) is 5.34. The van der Waals surface area contributed by atoms with Crippen LogP contribution in [-0.4, -0.2) is 42.4 Å². The van der Waals surface area contributed by atoms with E-state index in [-0.39, 0.29) is 0 Å². The molecule has 0 amide bonds. The van der Waals surface area contributed by atoms with Crippen LogP contribution in [0.15, 0.2) is 30.7 Å². The highest BCUT2D eigenvalue weighted by Crippen LogP contribution is 2.21. The largest absolute Gasteiger partial charge is 0.333 e. The summed E-state index contributed by atoms with van der Waals surface area (Å²) in [6.45, 7) is 4.77. The molecule has 3 aromatic rings. The van der Waals surface area contributed by atoms with Crippen molar-refractivity contribution in [3.05, 3.63) is 42.4 Å². The number of aromatic nitrogens is 6. The van der Waals surface area contributed by atoms with Gasteiger partial charge in [0.2, 0.25) is 0 Å². The molecular formula is C15H17N7. The Morgan fingerprint density at radius 3 is 2.86 bits per heavy atom. The van der Waals surface area contributed by atoms with Gasteiger partial charge in [0.05, 0.1) is 5.69 Å². The maximum Gasteiger partial charge on any atom is 0.183 e. The van der Waals surface area contributed by atoms with Crippen LogP contribution in [0.25, 0.3) is 17.2 Å². The topological polar surface area (TPSA) is 73.5 Å². The molecule has 0 atom stereocenters. The summed E-state index contributed by atoms with van der Waals surface area (Å²) in [7, 11) is 0. The van der Waals surface area contributed by atoms with E-state index in [0.29, 0.717) is 0 Å². The zero-order chi connectivity index (χ0) is 14.9. The number of imidazole rings is 1. The van der Waals surface area contributed by atoms with Crippen molar-refractivity contribution >= 4 is 0 Å². The van der Waals surface area contributed by atoms with Gasteiger partial charge in [0.25, 0.3) is 0 Å². The zero-order valence-electron chi connectivity index (χ0n) is 12.4. The molecule has 112 valence electrons. The minimum atomic E-state index is 0.733. The van der Waals surface area contributed by atoms with Crippen LogP contribution in [0.5, 0.6) is 0 Å². The highest BCUT2D eigenvalue weighted by molar-refractivity contribution is 5.53. The predicted molar refractivity (Wildman–Crippen MR) is 81.7 cm³/mol. The Labute approximate surface area is 128 Å². The molecule has 22 heavy (non-hydrogen) atoms. The van der Waals surface area contributed by atoms with Gasteiger partial charge in [-0.1, -0.05) is 0 Å². The second kappa shape index (κ2) is 5.34. The Kier molecular flexibility index (Phi) is 3.19. The molecule has 0 radical (unpaired) electrons. The number of aryl methyl sites for hydroxylation is 1. The van der Waals surface area contributed by atoms with Crippen LogP contribution in [0, 0.1) is 6.92 Å². The summed E-state index contributed by atoms with van der Waals surface area (Å²) >= 11 is 0. The first-order valence-corrected chi connectivity index (χ1v) is 7.42. The molecule has 1 aliphatic heterocycles. The SMILES string of the molecule is Cc1nc(-c2cn3c(n2)CCNCC3)n(-c2ccncc2)n1. The van der Waals surface area contributed by atoms with Gasteiger partial charge in [0, 0.05) is 44.6 Å². The minimum Gasteiger partial charge on any atom is -0.333 e. The summed E-state index contributed by atoms with van der Waals surface area (Å²) in [4.78, 5) is 13.4. The summed E-state index contributed by atoms with van der Waals surface area (Å²) < 4.78 is 4.04. The van der Waals surface area contributed by atoms with E-state index in [4.69, 9.17) is 4.98 Å². The fraction of sp³-hybridized carbons (Fsp3) is 0.333. The molecular weight excluding hydrogens is 278 g/mol. The molecule has 0 aliphatic carbocycles. The second-order valence-electron chi connectivity index (χ2n) is 5.34. The van der Waals surface area contributed by atoms with E-state index in [0.717, 1.165) is 54.9 Å². The molecule has 4 rings (SSSR count). The molecule has 0 spiro atoms. The molecule has 0 aromatic carbocycles. The van der Waals surface area contributed by atoms with E-state index in [9.17, 15) is 0 Å². The standard InChI is InChI=1S/C15H17N7/c1-11-18-15(22(20-11)12-2-5-16-6-3-12)13-10-21-9-8-17-7-4-14(21)19-13/h2-3,5-6,10,17H,4,7-9H2,1H3. The van der Waals surface area contributed by atoms with E-state index in [1.165, 1.54) is 0 Å². The summed E-state index contributed by atoms with van der Waals surface area (Å²) in [5.41, 5.74) is 1.81. The Balaban J connectivity index is 1.80. The van der Waals surface area contributed by atoms with Crippen LogP contribution in [-0.2, 0) is 13.0 Å². The smallest absolute Gasteiger partial charge is 0.183 e. The summed E-state index contributed by atoms with van der Waals surface area (Å²) in [6, 6.07) is 3.84. The first kappa shape index (κ1) is 13.1. The molecule has 0 saturated carbocycles. The van der Waals surface area contributed by atoms with E-state index in [2.05, 4.69) is 31.1 Å². The molecule has 1 aliphatic rings. The number of rotatable bonds is 2. The average Bonchev–Trinajstić information content (AvgIpc) is 3.05. The Hall–Kier alpha value is -2.54. The first-order valence-electron chi connectivity index (χ1n) is 7.42. The lowest BCUT2D eigenvalue weighted by Gasteiger charge is -2.03. The molecule has 1 N–H and O–H groups in total. The van der Waals surface area contributed by atoms with Crippen LogP contribution in [0.4, 0.5) is 0 Å².